The highest BCUT2D eigenvalue weighted by Gasteiger charge is 2.34. The van der Waals surface area contributed by atoms with Crippen molar-refractivity contribution in [2.45, 2.75) is 25.8 Å². The number of nitriles is 1. The molecule has 1 aromatic carbocycles. The minimum Gasteiger partial charge on any atom is -0.305 e. The molecule has 0 N–H and O–H groups in total. The van der Waals surface area contributed by atoms with E-state index in [1.807, 2.05) is 36.2 Å². The van der Waals surface area contributed by atoms with E-state index in [0.29, 0.717) is 11.1 Å². The molecule has 5 nitrogen and oxygen atoms in total. The van der Waals surface area contributed by atoms with Crippen molar-refractivity contribution in [3.05, 3.63) is 65.5 Å². The molecule has 5 heteroatoms. The van der Waals surface area contributed by atoms with Crippen LogP contribution in [-0.4, -0.2) is 21.6 Å². The lowest BCUT2D eigenvalue weighted by Crippen LogP contribution is -2.33. The van der Waals surface area contributed by atoms with Gasteiger partial charge in [-0.3, -0.25) is 4.79 Å². The van der Waals surface area contributed by atoms with Gasteiger partial charge in [0.15, 0.2) is 0 Å². The second-order valence-electron chi connectivity index (χ2n) is 6.14. The average Bonchev–Trinajstić information content (AvgIpc) is 3.38. The summed E-state index contributed by atoms with van der Waals surface area (Å²) in [6.07, 6.45) is 5.64. The van der Waals surface area contributed by atoms with Crippen LogP contribution < -0.4 is 4.90 Å². The highest BCUT2D eigenvalue weighted by Crippen LogP contribution is 2.33. The normalized spacial score (nSPS) is 13.7. The van der Waals surface area contributed by atoms with E-state index in [9.17, 15) is 4.79 Å². The van der Waals surface area contributed by atoms with Crippen molar-refractivity contribution in [2.24, 2.45) is 0 Å². The van der Waals surface area contributed by atoms with Crippen molar-refractivity contribution in [1.29, 1.82) is 5.26 Å². The summed E-state index contributed by atoms with van der Waals surface area (Å²) < 4.78 is 1.77. The van der Waals surface area contributed by atoms with Crippen LogP contribution in [0.3, 0.4) is 0 Å². The zero-order valence-electron chi connectivity index (χ0n) is 13.3. The summed E-state index contributed by atoms with van der Waals surface area (Å²) in [7, 11) is 0. The van der Waals surface area contributed by atoms with Gasteiger partial charge in [0.25, 0.3) is 5.91 Å². The summed E-state index contributed by atoms with van der Waals surface area (Å²) in [5.74, 6) is -0.00897. The topological polar surface area (TPSA) is 61.4 Å². The Bertz CT molecular complexity index is 961. The Balaban J connectivity index is 1.73. The number of amides is 1. The molecule has 4 rings (SSSR count). The maximum Gasteiger partial charge on any atom is 0.258 e. The van der Waals surface area contributed by atoms with Gasteiger partial charge in [-0.05, 0) is 61.7 Å². The van der Waals surface area contributed by atoms with E-state index >= 15 is 0 Å². The van der Waals surface area contributed by atoms with Crippen LogP contribution in [0.25, 0.3) is 5.52 Å². The van der Waals surface area contributed by atoms with Gasteiger partial charge < -0.3 is 4.90 Å². The number of aromatic nitrogens is 2. The standard InChI is InChI=1S/C19H16N4O/c1-13-12-21-22-9-8-15(10-18(13)22)19(24)23(17-6-7-17)16-4-2-14(11-20)3-5-16/h2-5,8-10,12,17H,6-7H2,1H3. The van der Waals surface area contributed by atoms with Crippen LogP contribution in [0.4, 0.5) is 5.69 Å². The molecule has 2 aromatic heterocycles. The molecule has 1 fully saturated rings. The first-order chi connectivity index (χ1) is 11.7. The fourth-order valence-corrected chi connectivity index (χ4v) is 2.90. The number of carbonyl (C=O) groups is 1. The molecule has 0 saturated heterocycles. The zero-order valence-corrected chi connectivity index (χ0v) is 13.3. The van der Waals surface area contributed by atoms with Gasteiger partial charge in [0.1, 0.15) is 0 Å². The molecule has 1 saturated carbocycles. The molecule has 2 heterocycles. The van der Waals surface area contributed by atoms with Crippen LogP contribution in [0.15, 0.2) is 48.8 Å². The number of carbonyl (C=O) groups excluding carboxylic acids is 1. The highest BCUT2D eigenvalue weighted by molar-refractivity contribution is 6.07. The average molecular weight is 316 g/mol. The number of fused-ring (bicyclic) bond motifs is 1. The molecule has 24 heavy (non-hydrogen) atoms. The first-order valence-corrected chi connectivity index (χ1v) is 7.95. The van der Waals surface area contributed by atoms with Gasteiger partial charge in [0.2, 0.25) is 0 Å². The summed E-state index contributed by atoms with van der Waals surface area (Å²) in [5.41, 5.74) is 4.07. The predicted octanol–water partition coefficient (Wildman–Crippen LogP) is 3.32. The van der Waals surface area contributed by atoms with Crippen LogP contribution in [0.5, 0.6) is 0 Å². The third-order valence-electron chi connectivity index (χ3n) is 4.37. The monoisotopic (exact) mass is 316 g/mol. The number of anilines is 1. The van der Waals surface area contributed by atoms with E-state index in [1.165, 1.54) is 0 Å². The molecule has 0 bridgehead atoms. The van der Waals surface area contributed by atoms with E-state index in [2.05, 4.69) is 11.2 Å². The molecule has 3 aromatic rings. The van der Waals surface area contributed by atoms with Crippen molar-refractivity contribution in [2.75, 3.05) is 4.90 Å². The minimum absolute atomic E-state index is 0.00897. The van der Waals surface area contributed by atoms with Gasteiger partial charge in [-0.15, -0.1) is 0 Å². The molecule has 118 valence electrons. The Morgan fingerprint density at radius 2 is 2.04 bits per heavy atom. The second-order valence-corrected chi connectivity index (χ2v) is 6.14. The zero-order chi connectivity index (χ0) is 16.7. The lowest BCUT2D eigenvalue weighted by Gasteiger charge is -2.23. The highest BCUT2D eigenvalue weighted by atomic mass is 16.2. The molecule has 0 spiro atoms. The SMILES string of the molecule is Cc1cnn2ccc(C(=O)N(c3ccc(C#N)cc3)C3CC3)cc12. The summed E-state index contributed by atoms with van der Waals surface area (Å²) in [6, 6.07) is 13.2. The fourth-order valence-electron chi connectivity index (χ4n) is 2.90. The van der Waals surface area contributed by atoms with Gasteiger partial charge in [-0.1, -0.05) is 0 Å². The summed E-state index contributed by atoms with van der Waals surface area (Å²) in [5, 5.41) is 13.2. The molecule has 0 aliphatic heterocycles. The first kappa shape index (κ1) is 14.5. The number of aryl methyl sites for hydroxylation is 1. The van der Waals surface area contributed by atoms with Crippen molar-refractivity contribution in [1.82, 2.24) is 9.61 Å². The van der Waals surface area contributed by atoms with E-state index in [-0.39, 0.29) is 11.9 Å². The molecule has 1 aliphatic rings. The van der Waals surface area contributed by atoms with Crippen molar-refractivity contribution >= 4 is 17.1 Å². The van der Waals surface area contributed by atoms with E-state index < -0.39 is 0 Å². The quantitative estimate of drug-likeness (QED) is 0.744. The van der Waals surface area contributed by atoms with Crippen LogP contribution in [0.2, 0.25) is 0 Å². The van der Waals surface area contributed by atoms with Crippen LogP contribution in [-0.2, 0) is 0 Å². The maximum atomic E-state index is 13.1. The molecular formula is C19H16N4O. The number of nitrogens with zero attached hydrogens (tertiary/aromatic N) is 4. The Kier molecular flexibility index (Phi) is 3.31. The van der Waals surface area contributed by atoms with Gasteiger partial charge in [-0.25, -0.2) is 4.52 Å². The molecule has 1 aliphatic carbocycles. The molecule has 0 radical (unpaired) electrons. The molecule has 0 unspecified atom stereocenters. The Morgan fingerprint density at radius 1 is 1.29 bits per heavy atom. The van der Waals surface area contributed by atoms with E-state index in [4.69, 9.17) is 5.26 Å². The number of rotatable bonds is 3. The van der Waals surface area contributed by atoms with E-state index in [0.717, 1.165) is 29.6 Å². The maximum absolute atomic E-state index is 13.1. The molecule has 0 atom stereocenters. The van der Waals surface area contributed by atoms with Crippen molar-refractivity contribution < 1.29 is 4.79 Å². The third kappa shape index (κ3) is 2.42. The summed E-state index contributed by atoms with van der Waals surface area (Å²) in [4.78, 5) is 14.9. The third-order valence-corrected chi connectivity index (χ3v) is 4.37. The van der Waals surface area contributed by atoms with Gasteiger partial charge in [-0.2, -0.15) is 10.4 Å². The fraction of sp³-hybridized carbons (Fsp3) is 0.211. The number of hydrogen-bond acceptors (Lipinski definition) is 3. The van der Waals surface area contributed by atoms with Gasteiger partial charge >= 0.3 is 0 Å². The molecule has 1 amide bonds. The van der Waals surface area contributed by atoms with Crippen molar-refractivity contribution in [3.8, 4) is 6.07 Å². The Labute approximate surface area is 139 Å². The van der Waals surface area contributed by atoms with Crippen LogP contribution in [0, 0.1) is 18.3 Å². The Hall–Kier alpha value is -3.13. The van der Waals surface area contributed by atoms with Gasteiger partial charge in [0.05, 0.1) is 23.3 Å². The second kappa shape index (κ2) is 5.50. The lowest BCUT2D eigenvalue weighted by atomic mass is 10.1. The van der Waals surface area contributed by atoms with Crippen molar-refractivity contribution in [3.63, 3.8) is 0 Å². The number of hydrogen-bond donors (Lipinski definition) is 0. The smallest absolute Gasteiger partial charge is 0.258 e. The number of benzene rings is 1. The predicted molar refractivity (Wildman–Crippen MR) is 90.9 cm³/mol. The van der Waals surface area contributed by atoms with Crippen LogP contribution in [0.1, 0.15) is 34.3 Å². The molecular weight excluding hydrogens is 300 g/mol. The van der Waals surface area contributed by atoms with E-state index in [1.54, 1.807) is 28.9 Å². The lowest BCUT2D eigenvalue weighted by molar-refractivity contribution is 0.0985. The first-order valence-electron chi connectivity index (χ1n) is 7.95. The minimum atomic E-state index is -0.00897. The largest absolute Gasteiger partial charge is 0.305 e. The number of pyridine rings is 1. The summed E-state index contributed by atoms with van der Waals surface area (Å²) >= 11 is 0. The van der Waals surface area contributed by atoms with Gasteiger partial charge in [0, 0.05) is 23.5 Å². The van der Waals surface area contributed by atoms with Crippen LogP contribution >= 0.6 is 0 Å². The Morgan fingerprint density at radius 3 is 2.71 bits per heavy atom. The summed E-state index contributed by atoms with van der Waals surface area (Å²) in [6.45, 7) is 1.98.